The number of rotatable bonds is 0. The van der Waals surface area contributed by atoms with Gasteiger partial charge in [-0.15, -0.1) is 0 Å². The highest BCUT2D eigenvalue weighted by molar-refractivity contribution is 6.13. The lowest BCUT2D eigenvalue weighted by atomic mass is 10.0. The van der Waals surface area contributed by atoms with E-state index in [1.165, 1.54) is 11.1 Å². The first-order valence-electron chi connectivity index (χ1n) is 5.36. The van der Waals surface area contributed by atoms with E-state index in [-0.39, 0.29) is 18.2 Å². The van der Waals surface area contributed by atoms with Gasteiger partial charge in [-0.3, -0.25) is 14.9 Å². The zero-order valence-corrected chi connectivity index (χ0v) is 8.75. The van der Waals surface area contributed by atoms with Crippen LogP contribution < -0.4 is 5.32 Å². The molecule has 0 saturated carbocycles. The van der Waals surface area contributed by atoms with Crippen LogP contribution in [0.2, 0.25) is 0 Å². The van der Waals surface area contributed by atoms with E-state index in [0.717, 1.165) is 18.4 Å². The molecular weight excluding hydrogens is 202 g/mol. The Kier molecular flexibility index (Phi) is 1.93. The van der Waals surface area contributed by atoms with Crippen LogP contribution in [0.25, 0.3) is 0 Å². The molecule has 80 valence electrons. The van der Waals surface area contributed by atoms with E-state index in [4.69, 9.17) is 0 Å². The number of imide groups is 1. The second-order valence-corrected chi connectivity index (χ2v) is 4.26. The Hall–Kier alpha value is -1.90. The fraction of sp³-hybridized carbons (Fsp3) is 0.231. The van der Waals surface area contributed by atoms with Gasteiger partial charge < -0.3 is 0 Å². The van der Waals surface area contributed by atoms with E-state index >= 15 is 0 Å². The van der Waals surface area contributed by atoms with Crippen molar-refractivity contribution in [1.82, 2.24) is 5.32 Å². The van der Waals surface area contributed by atoms with Crippen LogP contribution in [-0.4, -0.2) is 11.8 Å². The van der Waals surface area contributed by atoms with E-state index in [9.17, 15) is 9.59 Å². The molecule has 1 aliphatic carbocycles. The van der Waals surface area contributed by atoms with Crippen LogP contribution >= 0.6 is 0 Å². The highest BCUT2D eigenvalue weighted by atomic mass is 16.2. The third kappa shape index (κ3) is 1.36. The highest BCUT2D eigenvalue weighted by Crippen LogP contribution is 2.30. The van der Waals surface area contributed by atoms with E-state index < -0.39 is 0 Å². The fourth-order valence-electron chi connectivity index (χ4n) is 2.41. The monoisotopic (exact) mass is 213 g/mol. The Bertz CT molecular complexity index is 501. The van der Waals surface area contributed by atoms with Crippen molar-refractivity contribution in [2.45, 2.75) is 19.3 Å². The van der Waals surface area contributed by atoms with Gasteiger partial charge in [-0.05, 0) is 24.0 Å². The molecule has 0 atom stereocenters. The minimum Gasteiger partial charge on any atom is -0.292 e. The number of carbonyl (C=O) groups is 2. The molecule has 2 aliphatic rings. The summed E-state index contributed by atoms with van der Waals surface area (Å²) in [5, 5.41) is 2.33. The topological polar surface area (TPSA) is 46.2 Å². The molecule has 1 heterocycles. The van der Waals surface area contributed by atoms with Crippen molar-refractivity contribution >= 4 is 11.8 Å². The summed E-state index contributed by atoms with van der Waals surface area (Å²) in [5.74, 6) is -0.378. The molecule has 0 unspecified atom stereocenters. The predicted molar refractivity (Wildman–Crippen MR) is 58.6 cm³/mol. The van der Waals surface area contributed by atoms with E-state index in [1.54, 1.807) is 0 Å². The van der Waals surface area contributed by atoms with Gasteiger partial charge in [0.2, 0.25) is 5.91 Å². The molecular formula is C13H11NO2. The first-order chi connectivity index (χ1) is 7.74. The summed E-state index contributed by atoms with van der Waals surface area (Å²) in [6, 6.07) is 8.17. The number of hydrogen-bond acceptors (Lipinski definition) is 2. The molecule has 0 radical (unpaired) electrons. The van der Waals surface area contributed by atoms with E-state index in [1.807, 2.05) is 12.1 Å². The van der Waals surface area contributed by atoms with E-state index in [2.05, 4.69) is 17.4 Å². The minimum atomic E-state index is -0.201. The molecule has 3 rings (SSSR count). The second kappa shape index (κ2) is 3.30. The molecule has 1 N–H and O–H groups in total. The first-order valence-corrected chi connectivity index (χ1v) is 5.36. The second-order valence-electron chi connectivity index (χ2n) is 4.26. The van der Waals surface area contributed by atoms with Gasteiger partial charge in [0.1, 0.15) is 0 Å². The quantitative estimate of drug-likeness (QED) is 0.518. The lowest BCUT2D eigenvalue weighted by Gasteiger charge is -1.98. The number of hydrogen-bond donors (Lipinski definition) is 1. The Balaban J connectivity index is 1.99. The van der Waals surface area contributed by atoms with Crippen LogP contribution in [0.15, 0.2) is 35.4 Å². The molecule has 1 aromatic rings. The van der Waals surface area contributed by atoms with Gasteiger partial charge in [0.25, 0.3) is 5.91 Å². The van der Waals surface area contributed by atoms with Crippen LogP contribution in [0, 0.1) is 0 Å². The number of carbonyl (C=O) groups excluding carboxylic acids is 2. The molecule has 0 aromatic heterocycles. The fourth-order valence-corrected chi connectivity index (χ4v) is 2.41. The first kappa shape index (κ1) is 9.33. The van der Waals surface area contributed by atoms with Gasteiger partial charge in [0, 0.05) is 5.57 Å². The van der Waals surface area contributed by atoms with Gasteiger partial charge in [0.05, 0.1) is 6.42 Å². The maximum atomic E-state index is 11.5. The van der Waals surface area contributed by atoms with Gasteiger partial charge in [0.15, 0.2) is 0 Å². The Morgan fingerprint density at radius 1 is 0.938 bits per heavy atom. The lowest BCUT2D eigenvalue weighted by molar-refractivity contribution is -0.124. The average molecular weight is 213 g/mol. The number of allylic oxidation sites excluding steroid dienone is 1. The summed E-state index contributed by atoms with van der Waals surface area (Å²) in [5.41, 5.74) is 4.33. The van der Waals surface area contributed by atoms with Gasteiger partial charge in [-0.2, -0.15) is 0 Å². The van der Waals surface area contributed by atoms with Gasteiger partial charge >= 0.3 is 0 Å². The number of fused-ring (bicyclic) bond motifs is 1. The van der Waals surface area contributed by atoms with Crippen molar-refractivity contribution in [1.29, 1.82) is 0 Å². The molecule has 3 heteroatoms. The standard InChI is InChI=1S/C13H11NO2/c15-12-7-11(13(16)14-12)10-5-8-3-1-2-4-9(8)6-10/h1-4H,5-7H2,(H,14,15,16). The predicted octanol–water partition coefficient (Wildman–Crippen LogP) is 1.13. The van der Waals surface area contributed by atoms with Gasteiger partial charge in [-0.25, -0.2) is 0 Å². The molecule has 16 heavy (non-hydrogen) atoms. The van der Waals surface area contributed by atoms with Crippen LogP contribution in [0.4, 0.5) is 0 Å². The highest BCUT2D eigenvalue weighted by Gasteiger charge is 2.29. The average Bonchev–Trinajstić information content (AvgIpc) is 2.81. The molecule has 1 aromatic carbocycles. The molecule has 0 spiro atoms. The Morgan fingerprint density at radius 2 is 1.56 bits per heavy atom. The van der Waals surface area contributed by atoms with Crippen LogP contribution in [0.1, 0.15) is 17.5 Å². The minimum absolute atomic E-state index is 0.177. The Morgan fingerprint density at radius 3 is 2.06 bits per heavy atom. The number of amides is 2. The molecule has 1 aliphatic heterocycles. The zero-order chi connectivity index (χ0) is 11.1. The number of benzene rings is 1. The van der Waals surface area contributed by atoms with Crippen molar-refractivity contribution in [2.75, 3.05) is 0 Å². The third-order valence-electron chi connectivity index (χ3n) is 3.22. The van der Waals surface area contributed by atoms with Crippen molar-refractivity contribution < 1.29 is 9.59 Å². The smallest absolute Gasteiger partial charge is 0.254 e. The van der Waals surface area contributed by atoms with Crippen molar-refractivity contribution in [3.63, 3.8) is 0 Å². The summed E-state index contributed by atoms with van der Waals surface area (Å²) < 4.78 is 0. The van der Waals surface area contributed by atoms with Crippen molar-refractivity contribution in [3.8, 4) is 0 Å². The van der Waals surface area contributed by atoms with Gasteiger partial charge in [-0.1, -0.05) is 29.8 Å². The maximum absolute atomic E-state index is 11.5. The van der Waals surface area contributed by atoms with Crippen molar-refractivity contribution in [2.24, 2.45) is 0 Å². The third-order valence-corrected chi connectivity index (χ3v) is 3.22. The summed E-state index contributed by atoms with van der Waals surface area (Å²) >= 11 is 0. The normalized spacial score (nSPS) is 19.0. The molecule has 1 saturated heterocycles. The molecule has 3 nitrogen and oxygen atoms in total. The van der Waals surface area contributed by atoms with Crippen LogP contribution in [0.3, 0.4) is 0 Å². The lowest BCUT2D eigenvalue weighted by Crippen LogP contribution is -2.19. The van der Waals surface area contributed by atoms with Crippen LogP contribution in [-0.2, 0) is 22.4 Å². The maximum Gasteiger partial charge on any atom is 0.254 e. The van der Waals surface area contributed by atoms with E-state index in [0.29, 0.717) is 5.57 Å². The molecule has 0 bridgehead atoms. The summed E-state index contributed by atoms with van der Waals surface area (Å²) in [6.07, 6.45) is 1.88. The summed E-state index contributed by atoms with van der Waals surface area (Å²) in [4.78, 5) is 22.7. The molecule has 1 fully saturated rings. The molecule has 2 amide bonds. The van der Waals surface area contributed by atoms with Crippen LogP contribution in [0.5, 0.6) is 0 Å². The summed E-state index contributed by atoms with van der Waals surface area (Å²) in [7, 11) is 0. The van der Waals surface area contributed by atoms with Crippen molar-refractivity contribution in [3.05, 3.63) is 46.5 Å². The SMILES string of the molecule is O=C1CC(=C2Cc3ccccc3C2)C(=O)N1. The Labute approximate surface area is 93.2 Å². The zero-order valence-electron chi connectivity index (χ0n) is 8.75. The number of nitrogens with one attached hydrogen (secondary N) is 1. The summed E-state index contributed by atoms with van der Waals surface area (Å²) in [6.45, 7) is 0. The largest absolute Gasteiger partial charge is 0.292 e.